The number of benzene rings is 3. The summed E-state index contributed by atoms with van der Waals surface area (Å²) in [7, 11) is 1.61. The molecule has 404 valence electrons. The van der Waals surface area contributed by atoms with Gasteiger partial charge in [0.25, 0.3) is 0 Å². The Kier molecular flexibility index (Phi) is 20.9. The number of amides is 1. The number of nitrogens with zero attached hydrogens (tertiary/aromatic N) is 2. The number of hydrogen-bond acceptors (Lipinski definition) is 11. The summed E-state index contributed by atoms with van der Waals surface area (Å²) in [6, 6.07) is 28.3. The number of aliphatic hydroxyl groups excluding tert-OH is 4. The normalized spacial score (nSPS) is 35.0. The van der Waals surface area contributed by atoms with Crippen molar-refractivity contribution < 1.29 is 49.6 Å². The number of carbonyl (C=O) groups is 1. The van der Waals surface area contributed by atoms with E-state index in [-0.39, 0.29) is 49.8 Å². The van der Waals surface area contributed by atoms with Crippen molar-refractivity contribution in [2.45, 2.75) is 211 Å². The minimum Gasteiger partial charge on any atom is -0.388 e. The Bertz CT molecular complexity index is 2100. The van der Waals surface area contributed by atoms with Gasteiger partial charge in [-0.15, -0.1) is 0 Å². The van der Waals surface area contributed by atoms with Crippen LogP contribution < -0.4 is 15.9 Å². The maximum atomic E-state index is 14.4. The van der Waals surface area contributed by atoms with Crippen LogP contribution in [0.4, 0.5) is 0 Å². The minimum atomic E-state index is -2.15. The van der Waals surface area contributed by atoms with Gasteiger partial charge in [-0.2, -0.15) is 0 Å². The molecule has 12 nitrogen and oxygen atoms in total. The number of rotatable bonds is 17. The smallest absolute Gasteiger partial charge is 0.116 e. The van der Waals surface area contributed by atoms with Crippen LogP contribution in [0.1, 0.15) is 139 Å². The molecule has 72 heavy (non-hydrogen) atoms. The number of fused-ring (bicyclic) bond motifs is 3. The zero-order valence-electron chi connectivity index (χ0n) is 45.3. The summed E-state index contributed by atoms with van der Waals surface area (Å²) in [5.74, 6) is -2.23. The van der Waals surface area contributed by atoms with Crippen LogP contribution in [-0.2, 0) is 19.0 Å². The molecule has 3 aromatic carbocycles. The number of carbonyl (C=O) groups excluding carboxylic acids is 1. The van der Waals surface area contributed by atoms with Crippen molar-refractivity contribution in [3.63, 3.8) is 0 Å². The molecule has 15 atom stereocenters. The molecule has 6 rings (SSSR count). The van der Waals surface area contributed by atoms with E-state index in [2.05, 4.69) is 78.9 Å². The average molecular weight is 1020 g/mol. The third-order valence-electron chi connectivity index (χ3n) is 16.9. The molecule has 6 N–H and O–H groups in total. The van der Waals surface area contributed by atoms with Gasteiger partial charge in [-0.1, -0.05) is 27.7 Å². The van der Waals surface area contributed by atoms with Crippen LogP contribution in [0.2, 0.25) is 0 Å². The number of aliphatic hydroxyl groups is 6. The summed E-state index contributed by atoms with van der Waals surface area (Å²) in [6.07, 6.45) is 3.13. The Labute approximate surface area is 432 Å². The van der Waals surface area contributed by atoms with Gasteiger partial charge in [0, 0.05) is 24.4 Å². The van der Waals surface area contributed by atoms with E-state index in [9.17, 15) is 35.4 Å². The fourth-order valence-corrected chi connectivity index (χ4v) is 18.2. The minimum absolute atomic E-state index is 0.121. The predicted octanol–water partition coefficient (Wildman–Crippen LogP) is 7.27. The molecule has 3 aliphatic rings. The Hall–Kier alpha value is -2.84. The Balaban J connectivity index is 1.06. The first-order chi connectivity index (χ1) is 34.2. The van der Waals surface area contributed by atoms with Gasteiger partial charge in [0.05, 0.1) is 36.1 Å². The third-order valence-corrected chi connectivity index (χ3v) is 22.0. The summed E-state index contributed by atoms with van der Waals surface area (Å²) in [6.45, 7) is 14.0. The molecule has 0 bridgehead atoms. The molecule has 1 amide bonds. The van der Waals surface area contributed by atoms with Crippen molar-refractivity contribution >= 4 is 29.1 Å². The van der Waals surface area contributed by atoms with Gasteiger partial charge < -0.3 is 54.6 Å². The second-order valence-corrected chi connectivity index (χ2v) is 26.9. The molecule has 0 aromatic heterocycles. The van der Waals surface area contributed by atoms with Gasteiger partial charge in [-0.3, -0.25) is 4.79 Å². The number of likely N-dealkylation sites (N-methyl/N-ethyl adjacent to an activating group) is 1. The van der Waals surface area contributed by atoms with Crippen molar-refractivity contribution in [2.75, 3.05) is 26.8 Å². The van der Waals surface area contributed by atoms with Gasteiger partial charge in [-0.05, 0) is 67.0 Å². The SMILES string of the molecule is CC[C@H]1OC(O)[C@H](C)[C@@H](O)[C@H](C)[C@@H](O[C@@H]2O[C@H](C)C[C@H](N(C)C)[C@H]2O)[C@](C)(O)C[C@@H](C)CN(C(=O)CCCCCCCCCCC[PH]2(c3ccccc3)c3ccccc3-c3ccccc32)[C@H](C)[C@@H](O)[C@]1(C)O. The molecule has 2 saturated heterocycles. The maximum Gasteiger partial charge on any atom is 0.116 e. The first-order valence-electron chi connectivity index (χ1n) is 27.5. The van der Waals surface area contributed by atoms with Crippen LogP contribution in [0.3, 0.4) is 0 Å². The predicted molar refractivity (Wildman–Crippen MR) is 292 cm³/mol. The molecule has 3 heterocycles. The number of hydrogen-bond donors (Lipinski definition) is 6. The van der Waals surface area contributed by atoms with Crippen LogP contribution >= 0.6 is 7.26 Å². The summed E-state index contributed by atoms with van der Waals surface area (Å²) >= 11 is 0. The standard InChI is InChI=1S/C59H93N2O10P/c1-11-50-59(8,68)54(65)43(6)61(38-39(2)37-58(7,67)55(41(4)52(63)42(5)56(66)70-50)71-57-53(64)47(60(9)10)36-40(3)69-57)51(62)34-22-17-15-13-12-14-16-18-27-35-72(44-28-20-19-21-29-44)48-32-25-23-30-45(48)46-31-24-26-33-49(46)72/h19-21,23-26,28-33,39-43,47,50,52-57,63-68,72H,11-18,22,27,34-38H2,1-10H3/t39-,40-,41+,42-,43-,47+,50-,52+,53-,54-,55-,56?,57+,58-,59-/m1/s1. The summed E-state index contributed by atoms with van der Waals surface area (Å²) in [5, 5.41) is 75.8. The summed E-state index contributed by atoms with van der Waals surface area (Å²) in [4.78, 5) is 17.9. The zero-order valence-corrected chi connectivity index (χ0v) is 46.3. The van der Waals surface area contributed by atoms with E-state index in [1.807, 2.05) is 32.8 Å². The Morgan fingerprint density at radius 3 is 1.85 bits per heavy atom. The van der Waals surface area contributed by atoms with Crippen molar-refractivity contribution in [1.29, 1.82) is 0 Å². The number of ether oxygens (including phenoxy) is 3. The molecular weight excluding hydrogens is 928 g/mol. The van der Waals surface area contributed by atoms with E-state index in [1.165, 1.54) is 55.2 Å². The molecule has 0 spiro atoms. The van der Waals surface area contributed by atoms with Gasteiger partial charge in [0.2, 0.25) is 0 Å². The molecule has 2 fully saturated rings. The van der Waals surface area contributed by atoms with E-state index < -0.39 is 79.4 Å². The van der Waals surface area contributed by atoms with Gasteiger partial charge in [-0.25, -0.2) is 0 Å². The summed E-state index contributed by atoms with van der Waals surface area (Å²) in [5.41, 5.74) is -0.707. The van der Waals surface area contributed by atoms with Crippen molar-refractivity contribution in [1.82, 2.24) is 9.80 Å². The molecular formula is C59H93N2O10P. The fourth-order valence-electron chi connectivity index (χ4n) is 12.8. The van der Waals surface area contributed by atoms with Crippen molar-refractivity contribution in [3.05, 3.63) is 78.9 Å². The largest absolute Gasteiger partial charge is 0.388 e. The molecule has 0 aliphatic carbocycles. The monoisotopic (exact) mass is 1020 g/mol. The first kappa shape index (κ1) is 58.4. The molecule has 0 saturated carbocycles. The average Bonchev–Trinajstić information content (AvgIpc) is 3.64. The van der Waals surface area contributed by atoms with Gasteiger partial charge in [0.1, 0.15) is 17.8 Å². The van der Waals surface area contributed by atoms with E-state index in [1.54, 1.807) is 50.1 Å². The van der Waals surface area contributed by atoms with Crippen molar-refractivity contribution in [2.24, 2.45) is 17.8 Å². The van der Waals surface area contributed by atoms with Crippen LogP contribution in [-0.4, -0.2) is 146 Å². The van der Waals surface area contributed by atoms with E-state index in [0.717, 1.165) is 25.7 Å². The number of unbranched alkanes of at least 4 members (excludes halogenated alkanes) is 8. The van der Waals surface area contributed by atoms with Gasteiger partial charge >= 0.3 is 189 Å². The Morgan fingerprint density at radius 1 is 0.736 bits per heavy atom. The quantitative estimate of drug-likeness (QED) is 0.0594. The van der Waals surface area contributed by atoms with Crippen LogP contribution in [0.25, 0.3) is 11.1 Å². The molecule has 3 aliphatic heterocycles. The summed E-state index contributed by atoms with van der Waals surface area (Å²) < 4.78 is 18.8. The van der Waals surface area contributed by atoms with E-state index >= 15 is 0 Å². The van der Waals surface area contributed by atoms with Gasteiger partial charge in [0.15, 0.2) is 12.6 Å². The second-order valence-electron chi connectivity index (χ2n) is 22.9. The molecule has 3 aromatic rings. The molecule has 1 unspecified atom stereocenters. The Morgan fingerprint density at radius 2 is 1.28 bits per heavy atom. The van der Waals surface area contributed by atoms with E-state index in [0.29, 0.717) is 12.8 Å². The third kappa shape index (κ3) is 13.2. The first-order valence-corrected chi connectivity index (χ1v) is 29.7. The van der Waals surface area contributed by atoms with Crippen LogP contribution in [0, 0.1) is 17.8 Å². The van der Waals surface area contributed by atoms with Crippen LogP contribution in [0.15, 0.2) is 78.9 Å². The zero-order chi connectivity index (χ0) is 52.5. The second kappa shape index (κ2) is 25.8. The van der Waals surface area contributed by atoms with E-state index in [4.69, 9.17) is 14.2 Å². The molecule has 13 heteroatoms. The topological polar surface area (TPSA) is 173 Å². The van der Waals surface area contributed by atoms with Crippen molar-refractivity contribution in [3.8, 4) is 11.1 Å². The molecule has 0 radical (unpaired) electrons. The van der Waals surface area contributed by atoms with Crippen LogP contribution in [0.5, 0.6) is 0 Å². The maximum absolute atomic E-state index is 14.4. The fraction of sp³-hybridized carbons (Fsp3) is 0.678.